The molecule has 1 aromatic carbocycles. The first-order valence-corrected chi connectivity index (χ1v) is 9.58. The van der Waals surface area contributed by atoms with Crippen LogP contribution in [0.25, 0.3) is 0 Å². The number of aromatic nitrogens is 2. The standard InChI is InChI=1S/C20H23N5O4/c1-14(26)22-15-2-4-16(5-3-15)23-19-21-9-6-17(24-19)18(27)25-10-7-20(8-11-25)28-12-13-29-20/h2-6,9H,7-8,10-13H2,1H3,(H,22,26)(H,21,23,24). The van der Waals surface area contributed by atoms with Crippen molar-refractivity contribution in [2.24, 2.45) is 0 Å². The van der Waals surface area contributed by atoms with Crippen LogP contribution in [0.3, 0.4) is 0 Å². The van der Waals surface area contributed by atoms with Gasteiger partial charge in [-0.2, -0.15) is 0 Å². The van der Waals surface area contributed by atoms with E-state index in [9.17, 15) is 9.59 Å². The highest BCUT2D eigenvalue weighted by atomic mass is 16.7. The summed E-state index contributed by atoms with van der Waals surface area (Å²) >= 11 is 0. The molecule has 2 aromatic rings. The maximum Gasteiger partial charge on any atom is 0.272 e. The first-order chi connectivity index (χ1) is 14.0. The summed E-state index contributed by atoms with van der Waals surface area (Å²) in [6.07, 6.45) is 2.88. The zero-order valence-electron chi connectivity index (χ0n) is 16.2. The minimum absolute atomic E-state index is 0.130. The summed E-state index contributed by atoms with van der Waals surface area (Å²) in [6, 6.07) is 8.76. The molecule has 4 rings (SSSR count). The van der Waals surface area contributed by atoms with Crippen molar-refractivity contribution < 1.29 is 19.1 Å². The van der Waals surface area contributed by atoms with E-state index in [1.807, 2.05) is 0 Å². The Morgan fingerprint density at radius 3 is 2.34 bits per heavy atom. The molecule has 0 saturated carbocycles. The number of anilines is 3. The van der Waals surface area contributed by atoms with E-state index in [1.165, 1.54) is 6.92 Å². The van der Waals surface area contributed by atoms with Crippen LogP contribution in [0, 0.1) is 0 Å². The molecule has 9 nitrogen and oxygen atoms in total. The number of amides is 2. The first kappa shape index (κ1) is 19.3. The fraction of sp³-hybridized carbons (Fsp3) is 0.400. The highest BCUT2D eigenvalue weighted by molar-refractivity contribution is 5.92. The number of likely N-dealkylation sites (tertiary alicyclic amines) is 1. The van der Waals surface area contributed by atoms with Crippen LogP contribution in [0.1, 0.15) is 30.3 Å². The summed E-state index contributed by atoms with van der Waals surface area (Å²) in [4.78, 5) is 34.3. The molecule has 2 aliphatic rings. The lowest BCUT2D eigenvalue weighted by Crippen LogP contribution is -2.47. The maximum absolute atomic E-state index is 12.8. The van der Waals surface area contributed by atoms with Crippen LogP contribution in [0.5, 0.6) is 0 Å². The van der Waals surface area contributed by atoms with E-state index in [0.717, 1.165) is 5.69 Å². The van der Waals surface area contributed by atoms with Crippen molar-refractivity contribution in [3.05, 3.63) is 42.2 Å². The van der Waals surface area contributed by atoms with Crippen molar-refractivity contribution in [1.82, 2.24) is 14.9 Å². The van der Waals surface area contributed by atoms with Gasteiger partial charge >= 0.3 is 0 Å². The van der Waals surface area contributed by atoms with Gasteiger partial charge in [0.2, 0.25) is 11.9 Å². The minimum Gasteiger partial charge on any atom is -0.347 e. The van der Waals surface area contributed by atoms with Crippen LogP contribution < -0.4 is 10.6 Å². The Morgan fingerprint density at radius 2 is 1.69 bits per heavy atom. The quantitative estimate of drug-likeness (QED) is 0.814. The molecular formula is C20H23N5O4. The fourth-order valence-electron chi connectivity index (χ4n) is 3.51. The Morgan fingerprint density at radius 1 is 1.03 bits per heavy atom. The number of carbonyl (C=O) groups excluding carboxylic acids is 2. The van der Waals surface area contributed by atoms with Crippen molar-refractivity contribution in [1.29, 1.82) is 0 Å². The molecule has 29 heavy (non-hydrogen) atoms. The average Bonchev–Trinajstić information content (AvgIpc) is 3.17. The van der Waals surface area contributed by atoms with Crippen LogP contribution in [-0.2, 0) is 14.3 Å². The molecule has 2 saturated heterocycles. The second-order valence-electron chi connectivity index (χ2n) is 7.05. The van der Waals surface area contributed by atoms with Gasteiger partial charge in [0, 0.05) is 50.4 Å². The number of benzene rings is 1. The molecule has 0 atom stereocenters. The summed E-state index contributed by atoms with van der Waals surface area (Å²) in [5, 5.41) is 5.78. The SMILES string of the molecule is CC(=O)Nc1ccc(Nc2nccc(C(=O)N3CCC4(CC3)OCCO4)n2)cc1. The molecule has 2 fully saturated rings. The Kier molecular flexibility index (Phi) is 5.41. The molecule has 1 aromatic heterocycles. The number of carbonyl (C=O) groups is 2. The third-order valence-corrected chi connectivity index (χ3v) is 4.96. The van der Waals surface area contributed by atoms with E-state index < -0.39 is 5.79 Å². The Bertz CT molecular complexity index is 886. The van der Waals surface area contributed by atoms with Crippen molar-refractivity contribution >= 4 is 29.1 Å². The van der Waals surface area contributed by atoms with Crippen molar-refractivity contribution in [3.63, 3.8) is 0 Å². The predicted octanol–water partition coefficient (Wildman–Crippen LogP) is 2.16. The van der Waals surface area contributed by atoms with Crippen LogP contribution in [0.15, 0.2) is 36.5 Å². The zero-order valence-corrected chi connectivity index (χ0v) is 16.2. The second kappa shape index (κ2) is 8.14. The normalized spacial score (nSPS) is 17.9. The number of piperidine rings is 1. The topological polar surface area (TPSA) is 106 Å². The molecule has 2 N–H and O–H groups in total. The summed E-state index contributed by atoms with van der Waals surface area (Å²) in [5.41, 5.74) is 1.78. The van der Waals surface area contributed by atoms with Crippen LogP contribution >= 0.6 is 0 Å². The van der Waals surface area contributed by atoms with Gasteiger partial charge in [0.15, 0.2) is 5.79 Å². The lowest BCUT2D eigenvalue weighted by Gasteiger charge is -2.37. The van der Waals surface area contributed by atoms with Gasteiger partial charge in [0.05, 0.1) is 13.2 Å². The van der Waals surface area contributed by atoms with E-state index in [-0.39, 0.29) is 11.8 Å². The molecule has 9 heteroatoms. The first-order valence-electron chi connectivity index (χ1n) is 9.58. The van der Waals surface area contributed by atoms with E-state index in [2.05, 4.69) is 20.6 Å². The molecule has 0 radical (unpaired) electrons. The second-order valence-corrected chi connectivity index (χ2v) is 7.05. The highest BCUT2D eigenvalue weighted by Crippen LogP contribution is 2.31. The molecule has 1 spiro atoms. The van der Waals surface area contributed by atoms with Crippen LogP contribution in [0.4, 0.5) is 17.3 Å². The van der Waals surface area contributed by atoms with Gasteiger partial charge in [-0.15, -0.1) is 0 Å². The average molecular weight is 397 g/mol. The Hall–Kier alpha value is -3.04. The lowest BCUT2D eigenvalue weighted by atomic mass is 10.0. The van der Waals surface area contributed by atoms with E-state index in [0.29, 0.717) is 56.5 Å². The van der Waals surface area contributed by atoms with Gasteiger partial charge in [-0.25, -0.2) is 9.97 Å². The molecule has 2 aliphatic heterocycles. The lowest BCUT2D eigenvalue weighted by molar-refractivity contribution is -0.181. The minimum atomic E-state index is -0.515. The van der Waals surface area contributed by atoms with Crippen LogP contribution in [-0.4, -0.2) is 58.8 Å². The molecule has 2 amide bonds. The summed E-state index contributed by atoms with van der Waals surface area (Å²) in [6.45, 7) is 3.81. The van der Waals surface area contributed by atoms with Crippen LogP contribution in [0.2, 0.25) is 0 Å². The van der Waals surface area contributed by atoms with Gasteiger partial charge in [-0.1, -0.05) is 0 Å². The Labute approximate surface area is 168 Å². The van der Waals surface area contributed by atoms with Gasteiger partial charge in [0.25, 0.3) is 5.91 Å². The smallest absolute Gasteiger partial charge is 0.272 e. The molecule has 0 unspecified atom stereocenters. The summed E-state index contributed by atoms with van der Waals surface area (Å²) < 4.78 is 11.4. The molecule has 0 bridgehead atoms. The van der Waals surface area contributed by atoms with Crippen molar-refractivity contribution in [3.8, 4) is 0 Å². The fourth-order valence-corrected chi connectivity index (χ4v) is 3.51. The Balaban J connectivity index is 1.39. The number of rotatable bonds is 4. The van der Waals surface area contributed by atoms with Gasteiger partial charge in [-0.3, -0.25) is 9.59 Å². The van der Waals surface area contributed by atoms with Gasteiger partial charge in [-0.05, 0) is 30.3 Å². The number of hydrogen-bond donors (Lipinski definition) is 2. The largest absolute Gasteiger partial charge is 0.347 e. The zero-order chi connectivity index (χ0) is 20.3. The number of nitrogens with zero attached hydrogens (tertiary/aromatic N) is 3. The molecule has 0 aliphatic carbocycles. The maximum atomic E-state index is 12.8. The molecule has 3 heterocycles. The third-order valence-electron chi connectivity index (χ3n) is 4.96. The van der Waals surface area contributed by atoms with Gasteiger partial charge < -0.3 is 25.0 Å². The highest BCUT2D eigenvalue weighted by Gasteiger charge is 2.41. The predicted molar refractivity (Wildman–Crippen MR) is 106 cm³/mol. The summed E-state index contributed by atoms with van der Waals surface area (Å²) in [5.74, 6) is -0.447. The summed E-state index contributed by atoms with van der Waals surface area (Å²) in [7, 11) is 0. The third kappa shape index (κ3) is 4.52. The number of nitrogens with one attached hydrogen (secondary N) is 2. The van der Waals surface area contributed by atoms with Crippen molar-refractivity contribution in [2.45, 2.75) is 25.6 Å². The number of ether oxygens (including phenoxy) is 2. The molecule has 152 valence electrons. The number of hydrogen-bond acceptors (Lipinski definition) is 7. The van der Waals surface area contributed by atoms with E-state index in [1.54, 1.807) is 41.4 Å². The van der Waals surface area contributed by atoms with E-state index >= 15 is 0 Å². The van der Waals surface area contributed by atoms with Gasteiger partial charge in [0.1, 0.15) is 5.69 Å². The molecular weight excluding hydrogens is 374 g/mol. The monoisotopic (exact) mass is 397 g/mol. The van der Waals surface area contributed by atoms with E-state index in [4.69, 9.17) is 9.47 Å². The van der Waals surface area contributed by atoms with Crippen molar-refractivity contribution in [2.75, 3.05) is 36.9 Å².